The van der Waals surface area contributed by atoms with Crippen molar-refractivity contribution in [3.63, 3.8) is 0 Å². The number of ether oxygens (including phenoxy) is 3. The monoisotopic (exact) mass is 466 g/mol. The van der Waals surface area contributed by atoms with E-state index in [1.54, 1.807) is 0 Å². The molecule has 0 bridgehead atoms. The molecule has 7 nitrogen and oxygen atoms in total. The Morgan fingerprint density at radius 3 is 2.24 bits per heavy atom. The third-order valence-electron chi connectivity index (χ3n) is 4.14. The average molecular weight is 467 g/mol. The number of benzene rings is 2. The quantitative estimate of drug-likeness (QED) is 0.204. The molecule has 0 spiro atoms. The molecule has 0 radical (unpaired) electrons. The van der Waals surface area contributed by atoms with Crippen LogP contribution in [0.15, 0.2) is 91.6 Å². The lowest BCUT2D eigenvalue weighted by atomic mass is 10.1. The maximum atomic E-state index is 11.1. The van der Waals surface area contributed by atoms with E-state index >= 15 is 0 Å². The van der Waals surface area contributed by atoms with Crippen LogP contribution in [-0.4, -0.2) is 42.8 Å². The lowest BCUT2D eigenvalue weighted by Gasteiger charge is -2.11. The van der Waals surface area contributed by atoms with Gasteiger partial charge in [0, 0.05) is 17.7 Å². The first-order valence-electron chi connectivity index (χ1n) is 10.7. The number of para-hydroxylation sites is 1. The number of esters is 2. The number of unbranched alkanes of at least 4 members (excludes halogenated alkanes) is 1. The molecule has 2 aromatic carbocycles. The number of hydrogen-bond acceptors (Lipinski definition) is 6. The van der Waals surface area contributed by atoms with Gasteiger partial charge in [-0.15, -0.1) is 0 Å². The first-order chi connectivity index (χ1) is 16.4. The summed E-state index contributed by atoms with van der Waals surface area (Å²) in [5.41, 5.74) is 2.15. The van der Waals surface area contributed by atoms with Crippen LogP contribution in [0, 0.1) is 0 Å². The normalized spacial score (nSPS) is 9.91. The predicted molar refractivity (Wildman–Crippen MR) is 130 cm³/mol. The van der Waals surface area contributed by atoms with Crippen molar-refractivity contribution in [1.29, 1.82) is 0 Å². The second-order valence-electron chi connectivity index (χ2n) is 6.77. The zero-order chi connectivity index (χ0) is 25.2. The molecule has 0 aliphatic heterocycles. The molecule has 0 saturated heterocycles. The summed E-state index contributed by atoms with van der Waals surface area (Å²) in [6.07, 6.45) is 4.84. The Morgan fingerprint density at radius 1 is 0.912 bits per heavy atom. The number of hydrogen-bond donors (Lipinski definition) is 1. The molecule has 0 amide bonds. The fraction of sp³-hybridized carbons (Fsp3) is 0.222. The van der Waals surface area contributed by atoms with Gasteiger partial charge in [-0.05, 0) is 24.1 Å². The molecule has 2 aromatic rings. The van der Waals surface area contributed by atoms with Gasteiger partial charge in [0.2, 0.25) is 0 Å². The van der Waals surface area contributed by atoms with Crippen molar-refractivity contribution >= 4 is 17.9 Å². The minimum absolute atomic E-state index is 0.0449. The molecular weight excluding hydrogens is 436 g/mol. The van der Waals surface area contributed by atoms with E-state index in [-0.39, 0.29) is 12.2 Å². The highest BCUT2D eigenvalue weighted by atomic mass is 16.6. The van der Waals surface area contributed by atoms with E-state index < -0.39 is 17.9 Å². The molecular formula is C27H30O7. The molecule has 0 saturated carbocycles. The highest BCUT2D eigenvalue weighted by Gasteiger charge is 2.06. The van der Waals surface area contributed by atoms with Gasteiger partial charge in [-0.25, -0.2) is 14.4 Å². The van der Waals surface area contributed by atoms with Crippen LogP contribution in [-0.2, 0) is 23.9 Å². The van der Waals surface area contributed by atoms with Gasteiger partial charge >= 0.3 is 17.9 Å². The molecule has 180 valence electrons. The van der Waals surface area contributed by atoms with E-state index in [4.69, 9.17) is 19.3 Å². The van der Waals surface area contributed by atoms with Crippen LogP contribution in [0.3, 0.4) is 0 Å². The second-order valence-corrected chi connectivity index (χ2v) is 6.77. The van der Waals surface area contributed by atoms with Gasteiger partial charge in [0.05, 0.1) is 12.2 Å². The van der Waals surface area contributed by atoms with Crippen LogP contribution in [0.5, 0.6) is 5.75 Å². The molecule has 0 atom stereocenters. The van der Waals surface area contributed by atoms with E-state index in [9.17, 15) is 14.4 Å². The van der Waals surface area contributed by atoms with Crippen LogP contribution >= 0.6 is 0 Å². The molecule has 1 N–H and O–H groups in total. The summed E-state index contributed by atoms with van der Waals surface area (Å²) in [5, 5.41) is 8.28. The standard InChI is InChI=1S/C17H16O3.C10H14O4/c1-2-17(18)20-13-12-19-16-11-7-6-10-15(16)14-8-4-3-5-9-14;1-3-4-7-14-10(13)8(2)5-6-9(11)12/h2-11H,1,12-13H2;5-6H,2-4,7H2,1H3,(H,11,12). The summed E-state index contributed by atoms with van der Waals surface area (Å²) >= 11 is 0. The van der Waals surface area contributed by atoms with Gasteiger partial charge in [0.25, 0.3) is 0 Å². The van der Waals surface area contributed by atoms with Crippen molar-refractivity contribution in [3.05, 3.63) is 91.6 Å². The Hall–Kier alpha value is -4.13. The second kappa shape index (κ2) is 16.5. The number of aliphatic carboxylic acids is 1. The Morgan fingerprint density at radius 2 is 1.59 bits per heavy atom. The summed E-state index contributed by atoms with van der Waals surface area (Å²) in [6, 6.07) is 17.8. The van der Waals surface area contributed by atoms with Gasteiger partial charge in [0.15, 0.2) is 0 Å². The molecule has 0 aliphatic carbocycles. The Labute approximate surface area is 200 Å². The van der Waals surface area contributed by atoms with Gasteiger partial charge in [-0.3, -0.25) is 0 Å². The lowest BCUT2D eigenvalue weighted by molar-refractivity contribution is -0.139. The van der Waals surface area contributed by atoms with E-state index in [0.29, 0.717) is 13.2 Å². The largest absolute Gasteiger partial charge is 0.489 e. The minimum Gasteiger partial charge on any atom is -0.489 e. The van der Waals surface area contributed by atoms with Crippen LogP contribution in [0.4, 0.5) is 0 Å². The number of carboxylic acid groups (broad SMARTS) is 1. The summed E-state index contributed by atoms with van der Waals surface area (Å²) in [6.45, 7) is 9.55. The fourth-order valence-corrected chi connectivity index (χ4v) is 2.44. The third-order valence-corrected chi connectivity index (χ3v) is 4.14. The molecule has 2 rings (SSSR count). The molecule has 0 fully saturated rings. The summed E-state index contributed by atoms with van der Waals surface area (Å²) in [7, 11) is 0. The van der Waals surface area contributed by atoms with Crippen LogP contribution in [0.25, 0.3) is 11.1 Å². The molecule has 0 aromatic heterocycles. The maximum absolute atomic E-state index is 11.1. The minimum atomic E-state index is -1.12. The molecule has 0 aliphatic rings. The van der Waals surface area contributed by atoms with Crippen molar-refractivity contribution in [1.82, 2.24) is 0 Å². The zero-order valence-electron chi connectivity index (χ0n) is 19.3. The van der Waals surface area contributed by atoms with Crippen molar-refractivity contribution in [3.8, 4) is 16.9 Å². The van der Waals surface area contributed by atoms with Crippen molar-refractivity contribution < 1.29 is 33.7 Å². The van der Waals surface area contributed by atoms with Crippen molar-refractivity contribution in [2.24, 2.45) is 0 Å². The Bertz CT molecular complexity index is 977. The van der Waals surface area contributed by atoms with Crippen molar-refractivity contribution in [2.45, 2.75) is 19.8 Å². The van der Waals surface area contributed by atoms with Crippen LogP contribution < -0.4 is 4.74 Å². The average Bonchev–Trinajstić information content (AvgIpc) is 2.86. The molecule has 0 unspecified atom stereocenters. The van der Waals surface area contributed by atoms with Gasteiger partial charge in [0.1, 0.15) is 19.0 Å². The lowest BCUT2D eigenvalue weighted by Crippen LogP contribution is -2.10. The third kappa shape index (κ3) is 11.5. The number of carbonyl (C=O) groups is 3. The predicted octanol–water partition coefficient (Wildman–Crippen LogP) is 4.99. The summed E-state index contributed by atoms with van der Waals surface area (Å²) in [4.78, 5) is 32.1. The highest BCUT2D eigenvalue weighted by Crippen LogP contribution is 2.29. The van der Waals surface area contributed by atoms with Crippen LogP contribution in [0.1, 0.15) is 19.8 Å². The van der Waals surface area contributed by atoms with Gasteiger partial charge in [-0.2, -0.15) is 0 Å². The zero-order valence-corrected chi connectivity index (χ0v) is 19.3. The van der Waals surface area contributed by atoms with E-state index in [2.05, 4.69) is 13.2 Å². The first kappa shape index (κ1) is 27.9. The summed E-state index contributed by atoms with van der Waals surface area (Å²) in [5.74, 6) is -1.36. The smallest absolute Gasteiger partial charge is 0.337 e. The van der Waals surface area contributed by atoms with E-state index in [0.717, 1.165) is 47.9 Å². The number of carbonyl (C=O) groups excluding carboxylic acids is 2. The molecule has 0 heterocycles. The van der Waals surface area contributed by atoms with E-state index in [1.165, 1.54) is 0 Å². The Balaban J connectivity index is 0.000000365. The maximum Gasteiger partial charge on any atom is 0.337 e. The van der Waals surface area contributed by atoms with Crippen LogP contribution in [0.2, 0.25) is 0 Å². The van der Waals surface area contributed by atoms with Crippen molar-refractivity contribution in [2.75, 3.05) is 19.8 Å². The molecule has 7 heteroatoms. The fourth-order valence-electron chi connectivity index (χ4n) is 2.44. The number of carboxylic acids is 1. The van der Waals surface area contributed by atoms with E-state index in [1.807, 2.05) is 61.5 Å². The highest BCUT2D eigenvalue weighted by molar-refractivity contribution is 5.93. The Kier molecular flexibility index (Phi) is 13.5. The topological polar surface area (TPSA) is 99.1 Å². The van der Waals surface area contributed by atoms with Gasteiger partial charge in [-0.1, -0.05) is 75.0 Å². The SMILES string of the molecule is C=C(C=CC(=O)O)C(=O)OCCCC.C=CC(=O)OCCOc1ccccc1-c1ccccc1. The number of rotatable bonds is 12. The van der Waals surface area contributed by atoms with Gasteiger partial charge < -0.3 is 19.3 Å². The molecule has 34 heavy (non-hydrogen) atoms. The summed E-state index contributed by atoms with van der Waals surface area (Å²) < 4.78 is 15.3. The first-order valence-corrected chi connectivity index (χ1v) is 10.7.